The molecule has 0 aliphatic rings. The molecule has 0 radical (unpaired) electrons. The van der Waals surface area contributed by atoms with Crippen LogP contribution in [0.15, 0.2) is 16.5 Å². The summed E-state index contributed by atoms with van der Waals surface area (Å²) < 4.78 is 5.54. The van der Waals surface area contributed by atoms with Gasteiger partial charge in [-0.15, -0.1) is 11.8 Å². The van der Waals surface area contributed by atoms with Crippen LogP contribution in [0.2, 0.25) is 0 Å². The molecule has 0 amide bonds. The van der Waals surface area contributed by atoms with Crippen LogP contribution in [0.3, 0.4) is 0 Å². The van der Waals surface area contributed by atoms with Crippen LogP contribution in [0.4, 0.5) is 0 Å². The monoisotopic (exact) mass is 229 g/mol. The van der Waals surface area contributed by atoms with Crippen molar-refractivity contribution >= 4 is 11.8 Å². The quantitative estimate of drug-likeness (QED) is 0.782. The number of rotatable bonds is 6. The van der Waals surface area contributed by atoms with Crippen LogP contribution < -0.4 is 5.73 Å². The molecule has 1 rings (SSSR count). The number of furan rings is 1. The molecular formula is C11H19NO2S. The van der Waals surface area contributed by atoms with Crippen LogP contribution in [-0.2, 0) is 0 Å². The van der Waals surface area contributed by atoms with Gasteiger partial charge in [-0.05, 0) is 30.7 Å². The molecule has 0 saturated carbocycles. The van der Waals surface area contributed by atoms with Gasteiger partial charge >= 0.3 is 0 Å². The van der Waals surface area contributed by atoms with Gasteiger partial charge in [-0.1, -0.05) is 6.92 Å². The number of aliphatic hydroxyl groups excluding tert-OH is 1. The van der Waals surface area contributed by atoms with E-state index in [2.05, 4.69) is 0 Å². The smallest absolute Gasteiger partial charge is 0.118 e. The van der Waals surface area contributed by atoms with Gasteiger partial charge in [0.2, 0.25) is 0 Å². The minimum atomic E-state index is 0.202. The van der Waals surface area contributed by atoms with E-state index in [4.69, 9.17) is 15.3 Å². The van der Waals surface area contributed by atoms with Gasteiger partial charge in [0.25, 0.3) is 0 Å². The van der Waals surface area contributed by atoms with Gasteiger partial charge in [0, 0.05) is 13.2 Å². The second-order valence-corrected chi connectivity index (χ2v) is 5.03. The summed E-state index contributed by atoms with van der Waals surface area (Å²) in [5.74, 6) is 3.06. The van der Waals surface area contributed by atoms with E-state index in [-0.39, 0.29) is 11.9 Å². The van der Waals surface area contributed by atoms with Crippen molar-refractivity contribution in [1.82, 2.24) is 0 Å². The Bertz CT molecular complexity index is 288. The Labute approximate surface area is 95.0 Å². The second kappa shape index (κ2) is 6.20. The molecule has 0 saturated heterocycles. The summed E-state index contributed by atoms with van der Waals surface area (Å²) >= 11 is 1.74. The van der Waals surface area contributed by atoms with Crippen molar-refractivity contribution in [2.24, 2.45) is 11.7 Å². The number of aliphatic hydroxyl groups is 1. The molecule has 1 heterocycles. The number of thioether (sulfide) groups is 1. The number of hydrogen-bond acceptors (Lipinski definition) is 4. The molecule has 0 aliphatic carbocycles. The average Bonchev–Trinajstić information content (AvgIpc) is 2.65. The molecule has 1 aromatic heterocycles. The summed E-state index contributed by atoms with van der Waals surface area (Å²) in [6.07, 6.45) is 0. The Morgan fingerprint density at radius 3 is 2.73 bits per heavy atom. The van der Waals surface area contributed by atoms with E-state index in [0.29, 0.717) is 12.5 Å². The SMILES string of the molecule is Cc1ccc(C(CN)SCC(C)CO)o1. The zero-order chi connectivity index (χ0) is 11.3. The zero-order valence-electron chi connectivity index (χ0n) is 9.27. The first-order valence-electron chi connectivity index (χ1n) is 5.16. The van der Waals surface area contributed by atoms with Crippen LogP contribution in [0.1, 0.15) is 23.7 Å². The fraction of sp³-hybridized carbons (Fsp3) is 0.636. The highest BCUT2D eigenvalue weighted by molar-refractivity contribution is 7.99. The Morgan fingerprint density at radius 2 is 2.27 bits per heavy atom. The van der Waals surface area contributed by atoms with Crippen LogP contribution in [0.5, 0.6) is 0 Å². The fourth-order valence-corrected chi connectivity index (χ4v) is 2.32. The molecule has 2 atom stereocenters. The Hall–Kier alpha value is -0.450. The maximum absolute atomic E-state index is 8.93. The van der Waals surface area contributed by atoms with Gasteiger partial charge in [-0.25, -0.2) is 0 Å². The van der Waals surface area contributed by atoms with E-state index >= 15 is 0 Å². The standard InChI is InChI=1S/C11H19NO2S/c1-8(6-13)7-15-11(5-12)10-4-3-9(2)14-10/h3-4,8,11,13H,5-7,12H2,1-2H3. The van der Waals surface area contributed by atoms with Gasteiger partial charge in [-0.3, -0.25) is 0 Å². The lowest BCUT2D eigenvalue weighted by Gasteiger charge is -2.14. The third-order valence-electron chi connectivity index (χ3n) is 2.19. The summed E-state index contributed by atoms with van der Waals surface area (Å²) in [7, 11) is 0. The average molecular weight is 229 g/mol. The molecule has 2 unspecified atom stereocenters. The lowest BCUT2D eigenvalue weighted by Crippen LogP contribution is -2.12. The van der Waals surface area contributed by atoms with Gasteiger partial charge < -0.3 is 15.3 Å². The molecule has 4 heteroatoms. The third-order valence-corrected chi connectivity index (χ3v) is 3.77. The number of hydrogen-bond donors (Lipinski definition) is 2. The van der Waals surface area contributed by atoms with Crippen molar-refractivity contribution in [3.8, 4) is 0 Å². The normalized spacial score (nSPS) is 15.2. The fourth-order valence-electron chi connectivity index (χ4n) is 1.23. The third kappa shape index (κ3) is 3.89. The first-order valence-corrected chi connectivity index (χ1v) is 6.21. The molecule has 86 valence electrons. The Morgan fingerprint density at radius 1 is 1.53 bits per heavy atom. The largest absolute Gasteiger partial charge is 0.465 e. The molecular weight excluding hydrogens is 210 g/mol. The van der Waals surface area contributed by atoms with Gasteiger partial charge in [0.15, 0.2) is 0 Å². The van der Waals surface area contributed by atoms with E-state index in [1.54, 1.807) is 11.8 Å². The molecule has 0 aromatic carbocycles. The molecule has 1 aromatic rings. The first-order chi connectivity index (χ1) is 7.17. The van der Waals surface area contributed by atoms with Crippen molar-refractivity contribution in [1.29, 1.82) is 0 Å². The summed E-state index contributed by atoms with van der Waals surface area (Å²) in [5, 5.41) is 9.13. The highest BCUT2D eigenvalue weighted by atomic mass is 32.2. The number of aryl methyl sites for hydroxylation is 1. The van der Waals surface area contributed by atoms with Crippen molar-refractivity contribution in [3.63, 3.8) is 0 Å². The molecule has 3 N–H and O–H groups in total. The Kier molecular flexibility index (Phi) is 5.22. The van der Waals surface area contributed by atoms with Crippen molar-refractivity contribution < 1.29 is 9.52 Å². The minimum absolute atomic E-state index is 0.202. The van der Waals surface area contributed by atoms with E-state index in [1.165, 1.54) is 0 Å². The molecule has 0 fully saturated rings. The van der Waals surface area contributed by atoms with Crippen molar-refractivity contribution in [2.75, 3.05) is 18.9 Å². The van der Waals surface area contributed by atoms with E-state index in [0.717, 1.165) is 17.3 Å². The molecule has 0 spiro atoms. The maximum Gasteiger partial charge on any atom is 0.118 e. The predicted octanol–water partition coefficient (Wildman–Crippen LogP) is 1.95. The maximum atomic E-state index is 8.93. The van der Waals surface area contributed by atoms with Crippen LogP contribution in [-0.4, -0.2) is 24.0 Å². The lowest BCUT2D eigenvalue weighted by atomic mass is 10.2. The predicted molar refractivity (Wildman–Crippen MR) is 63.9 cm³/mol. The van der Waals surface area contributed by atoms with Crippen LogP contribution in [0.25, 0.3) is 0 Å². The van der Waals surface area contributed by atoms with Gasteiger partial charge in [-0.2, -0.15) is 0 Å². The van der Waals surface area contributed by atoms with E-state index < -0.39 is 0 Å². The van der Waals surface area contributed by atoms with Crippen LogP contribution >= 0.6 is 11.8 Å². The molecule has 0 bridgehead atoms. The molecule has 15 heavy (non-hydrogen) atoms. The highest BCUT2D eigenvalue weighted by Gasteiger charge is 2.15. The lowest BCUT2D eigenvalue weighted by molar-refractivity contribution is 0.250. The first kappa shape index (κ1) is 12.6. The van der Waals surface area contributed by atoms with E-state index in [9.17, 15) is 0 Å². The highest BCUT2D eigenvalue weighted by Crippen LogP contribution is 2.30. The van der Waals surface area contributed by atoms with Crippen molar-refractivity contribution in [2.45, 2.75) is 19.1 Å². The Balaban J connectivity index is 2.49. The second-order valence-electron chi connectivity index (χ2n) is 3.79. The summed E-state index contributed by atoms with van der Waals surface area (Å²) in [4.78, 5) is 0. The number of nitrogens with two attached hydrogens (primary N) is 1. The summed E-state index contributed by atoms with van der Waals surface area (Å²) in [6.45, 7) is 4.74. The minimum Gasteiger partial charge on any atom is -0.465 e. The summed E-state index contributed by atoms with van der Waals surface area (Å²) in [6, 6.07) is 3.93. The van der Waals surface area contributed by atoms with E-state index in [1.807, 2.05) is 26.0 Å². The molecule has 3 nitrogen and oxygen atoms in total. The van der Waals surface area contributed by atoms with Crippen molar-refractivity contribution in [3.05, 3.63) is 23.7 Å². The van der Waals surface area contributed by atoms with Gasteiger partial charge in [0.05, 0.1) is 5.25 Å². The zero-order valence-corrected chi connectivity index (χ0v) is 10.1. The molecule has 0 aliphatic heterocycles. The van der Waals surface area contributed by atoms with Crippen LogP contribution in [0, 0.1) is 12.8 Å². The topological polar surface area (TPSA) is 59.4 Å². The van der Waals surface area contributed by atoms with Gasteiger partial charge in [0.1, 0.15) is 11.5 Å². The summed E-state index contributed by atoms with van der Waals surface area (Å²) in [5.41, 5.74) is 5.70.